The summed E-state index contributed by atoms with van der Waals surface area (Å²) >= 11 is 9.57. The number of rotatable bonds is 4. The summed E-state index contributed by atoms with van der Waals surface area (Å²) in [5.41, 5.74) is 6.76. The lowest BCUT2D eigenvalue weighted by molar-refractivity contribution is 0.565. The number of pyridine rings is 1. The molecule has 0 spiro atoms. The van der Waals surface area contributed by atoms with Gasteiger partial charge in [-0.2, -0.15) is 0 Å². The van der Waals surface area contributed by atoms with Gasteiger partial charge in [-0.3, -0.25) is 4.98 Å². The molecule has 3 heterocycles. The average molecular weight is 503 g/mol. The van der Waals surface area contributed by atoms with Crippen LogP contribution < -0.4 is 10.2 Å². The van der Waals surface area contributed by atoms with Gasteiger partial charge in [0.2, 0.25) is 0 Å². The number of aromatic nitrogens is 2. The van der Waals surface area contributed by atoms with Crippen LogP contribution in [0.15, 0.2) is 89.5 Å². The summed E-state index contributed by atoms with van der Waals surface area (Å²) in [6.07, 6.45) is 1.84. The standard InChI is InChI=1S/C26H23BrN4S/c1-17-16-20(18(2)30(17)23-14-7-6-12-21(23)27)25-24(22-13-8-9-15-28-22)29-26(32)31(25)19-10-4-3-5-11-19/h3-16,24-25H,1-2H3,(H,29,32)/t24-,25-/m0/s1. The van der Waals surface area contributed by atoms with Crippen LogP contribution in [0.5, 0.6) is 0 Å². The van der Waals surface area contributed by atoms with Crippen LogP contribution in [0.25, 0.3) is 5.69 Å². The Bertz CT molecular complexity index is 1270. The van der Waals surface area contributed by atoms with Crippen molar-refractivity contribution in [1.82, 2.24) is 14.9 Å². The smallest absolute Gasteiger partial charge is 0.174 e. The van der Waals surface area contributed by atoms with Crippen molar-refractivity contribution in [2.45, 2.75) is 25.9 Å². The number of nitrogens with one attached hydrogen (secondary N) is 1. The van der Waals surface area contributed by atoms with E-state index in [2.05, 4.69) is 92.0 Å². The highest BCUT2D eigenvalue weighted by Gasteiger charge is 2.42. The Hall–Kier alpha value is -2.96. The molecule has 160 valence electrons. The monoisotopic (exact) mass is 502 g/mol. The highest BCUT2D eigenvalue weighted by Crippen LogP contribution is 2.43. The zero-order valence-corrected chi connectivity index (χ0v) is 20.3. The summed E-state index contributed by atoms with van der Waals surface area (Å²) in [5, 5.41) is 4.26. The van der Waals surface area contributed by atoms with Gasteiger partial charge >= 0.3 is 0 Å². The molecule has 1 aliphatic heterocycles. The highest BCUT2D eigenvalue weighted by atomic mass is 79.9. The van der Waals surface area contributed by atoms with Gasteiger partial charge in [0, 0.05) is 27.7 Å². The molecular weight excluding hydrogens is 480 g/mol. The number of halogens is 1. The van der Waals surface area contributed by atoms with Gasteiger partial charge in [-0.15, -0.1) is 0 Å². The van der Waals surface area contributed by atoms with E-state index in [-0.39, 0.29) is 12.1 Å². The fourth-order valence-corrected chi connectivity index (χ4v) is 5.44. The van der Waals surface area contributed by atoms with E-state index in [9.17, 15) is 0 Å². The molecule has 2 aromatic heterocycles. The Balaban J connectivity index is 1.70. The molecule has 1 N–H and O–H groups in total. The molecular formula is C26H23BrN4S. The minimum atomic E-state index is -0.0583. The predicted octanol–water partition coefficient (Wildman–Crippen LogP) is 6.43. The molecule has 6 heteroatoms. The number of aryl methyl sites for hydroxylation is 1. The van der Waals surface area contributed by atoms with E-state index in [1.165, 1.54) is 17.0 Å². The number of para-hydroxylation sites is 2. The van der Waals surface area contributed by atoms with Crippen molar-refractivity contribution in [2.24, 2.45) is 0 Å². The maximum Gasteiger partial charge on any atom is 0.174 e. The molecule has 4 nitrogen and oxygen atoms in total. The molecule has 0 amide bonds. The van der Waals surface area contributed by atoms with Gasteiger partial charge in [0.1, 0.15) is 0 Å². The largest absolute Gasteiger partial charge is 0.351 e. The van der Waals surface area contributed by atoms with Crippen molar-refractivity contribution < 1.29 is 0 Å². The molecule has 2 aromatic carbocycles. The first-order valence-corrected chi connectivity index (χ1v) is 11.8. The Morgan fingerprint density at radius 1 is 0.938 bits per heavy atom. The number of anilines is 1. The number of hydrogen-bond acceptors (Lipinski definition) is 2. The third-order valence-corrected chi connectivity index (χ3v) is 7.00. The van der Waals surface area contributed by atoms with Crippen LogP contribution in [0, 0.1) is 13.8 Å². The highest BCUT2D eigenvalue weighted by molar-refractivity contribution is 9.10. The summed E-state index contributed by atoms with van der Waals surface area (Å²) in [5.74, 6) is 0. The number of thiocarbonyl (C=S) groups is 1. The van der Waals surface area contributed by atoms with Gasteiger partial charge in [0.15, 0.2) is 5.11 Å². The van der Waals surface area contributed by atoms with E-state index in [4.69, 9.17) is 12.2 Å². The molecule has 1 aliphatic rings. The molecule has 5 rings (SSSR count). The first-order valence-electron chi connectivity index (χ1n) is 10.6. The van der Waals surface area contributed by atoms with Crippen molar-refractivity contribution in [1.29, 1.82) is 0 Å². The second-order valence-electron chi connectivity index (χ2n) is 7.95. The summed E-state index contributed by atoms with van der Waals surface area (Å²) in [6.45, 7) is 4.33. The van der Waals surface area contributed by atoms with Gasteiger partial charge in [0.25, 0.3) is 0 Å². The Morgan fingerprint density at radius 2 is 1.66 bits per heavy atom. The van der Waals surface area contributed by atoms with Gasteiger partial charge in [-0.05, 0) is 90.0 Å². The summed E-state index contributed by atoms with van der Waals surface area (Å²) < 4.78 is 3.37. The number of nitrogens with zero attached hydrogens (tertiary/aromatic N) is 3. The van der Waals surface area contributed by atoms with E-state index in [1.807, 2.05) is 42.6 Å². The molecule has 4 aromatic rings. The molecule has 0 bridgehead atoms. The van der Waals surface area contributed by atoms with Crippen LogP contribution in [-0.2, 0) is 0 Å². The summed E-state index contributed by atoms with van der Waals surface area (Å²) in [6, 6.07) is 26.9. The van der Waals surface area contributed by atoms with Crippen LogP contribution in [0.1, 0.15) is 34.7 Å². The lowest BCUT2D eigenvalue weighted by Crippen LogP contribution is -2.29. The van der Waals surface area contributed by atoms with Crippen molar-refractivity contribution in [3.8, 4) is 5.69 Å². The first kappa shape index (κ1) is 20.9. The molecule has 32 heavy (non-hydrogen) atoms. The molecule has 0 aliphatic carbocycles. The topological polar surface area (TPSA) is 33.1 Å². The van der Waals surface area contributed by atoms with Gasteiger partial charge in [0.05, 0.1) is 23.5 Å². The maximum absolute atomic E-state index is 5.85. The van der Waals surface area contributed by atoms with Crippen molar-refractivity contribution in [3.63, 3.8) is 0 Å². The molecule has 0 saturated carbocycles. The van der Waals surface area contributed by atoms with E-state index >= 15 is 0 Å². The lowest BCUT2D eigenvalue weighted by Gasteiger charge is -2.28. The van der Waals surface area contributed by atoms with E-state index < -0.39 is 0 Å². The predicted molar refractivity (Wildman–Crippen MR) is 137 cm³/mol. The Kier molecular flexibility index (Phi) is 5.57. The molecule has 1 fully saturated rings. The summed E-state index contributed by atoms with van der Waals surface area (Å²) in [4.78, 5) is 6.89. The normalized spacial score (nSPS) is 18.1. The van der Waals surface area contributed by atoms with Crippen molar-refractivity contribution in [3.05, 3.63) is 112 Å². The molecule has 0 radical (unpaired) electrons. The Labute approximate surface area is 202 Å². The van der Waals surface area contributed by atoms with Gasteiger partial charge in [-0.25, -0.2) is 0 Å². The minimum absolute atomic E-state index is 0.0257. The first-order chi connectivity index (χ1) is 15.6. The van der Waals surface area contributed by atoms with Crippen molar-refractivity contribution >= 4 is 38.9 Å². The van der Waals surface area contributed by atoms with E-state index in [1.54, 1.807) is 0 Å². The second kappa shape index (κ2) is 8.52. The fourth-order valence-electron chi connectivity index (χ4n) is 4.63. The maximum atomic E-state index is 5.85. The van der Waals surface area contributed by atoms with E-state index in [0.29, 0.717) is 5.11 Å². The molecule has 0 unspecified atom stereocenters. The second-order valence-corrected chi connectivity index (χ2v) is 9.19. The minimum Gasteiger partial charge on any atom is -0.351 e. The summed E-state index contributed by atoms with van der Waals surface area (Å²) in [7, 11) is 0. The van der Waals surface area contributed by atoms with Crippen LogP contribution in [0.2, 0.25) is 0 Å². The van der Waals surface area contributed by atoms with Crippen molar-refractivity contribution in [2.75, 3.05) is 4.90 Å². The van der Waals surface area contributed by atoms with Gasteiger partial charge in [-0.1, -0.05) is 36.4 Å². The SMILES string of the molecule is Cc1cc([C@H]2[C@H](c3ccccn3)NC(=S)N2c2ccccc2)c(C)n1-c1ccccc1Br. The lowest BCUT2D eigenvalue weighted by atomic mass is 9.96. The third kappa shape index (κ3) is 3.53. The zero-order chi connectivity index (χ0) is 22.2. The zero-order valence-electron chi connectivity index (χ0n) is 17.9. The molecule has 2 atom stereocenters. The number of hydrogen-bond donors (Lipinski definition) is 1. The van der Waals surface area contributed by atoms with Gasteiger partial charge < -0.3 is 14.8 Å². The number of benzene rings is 2. The third-order valence-electron chi connectivity index (χ3n) is 6.01. The Morgan fingerprint density at radius 3 is 2.38 bits per heavy atom. The fraction of sp³-hybridized carbons (Fsp3) is 0.154. The van der Waals surface area contributed by atoms with Crippen LogP contribution >= 0.6 is 28.1 Å². The molecule has 1 saturated heterocycles. The van der Waals surface area contributed by atoms with Crippen LogP contribution in [-0.4, -0.2) is 14.7 Å². The average Bonchev–Trinajstić information content (AvgIpc) is 3.31. The van der Waals surface area contributed by atoms with Crippen LogP contribution in [0.4, 0.5) is 5.69 Å². The van der Waals surface area contributed by atoms with Crippen LogP contribution in [0.3, 0.4) is 0 Å². The van der Waals surface area contributed by atoms with E-state index in [0.717, 1.165) is 21.5 Å². The quantitative estimate of drug-likeness (QED) is 0.326.